The van der Waals surface area contributed by atoms with E-state index in [-0.39, 0.29) is 23.7 Å². The van der Waals surface area contributed by atoms with Crippen LogP contribution in [0.2, 0.25) is 0 Å². The number of piperidine rings is 1. The summed E-state index contributed by atoms with van der Waals surface area (Å²) >= 11 is 1.42. The molecule has 0 atom stereocenters. The van der Waals surface area contributed by atoms with Crippen LogP contribution in [0.4, 0.5) is 14.3 Å². The van der Waals surface area contributed by atoms with Crippen LogP contribution in [0.15, 0.2) is 29.6 Å². The minimum Gasteiger partial charge on any atom is -0.325 e. The molecule has 6 nitrogen and oxygen atoms in total. The number of benzene rings is 1. The molecule has 0 spiro atoms. The number of hydrogen-bond acceptors (Lipinski definition) is 4. The molecule has 1 aromatic carbocycles. The first-order valence-electron chi connectivity index (χ1n) is 8.90. The highest BCUT2D eigenvalue weighted by Gasteiger charge is 2.29. The molecule has 1 N–H and O–H groups in total. The van der Waals surface area contributed by atoms with Crippen molar-refractivity contribution in [2.45, 2.75) is 26.3 Å². The molecule has 0 aliphatic carbocycles. The van der Waals surface area contributed by atoms with Crippen LogP contribution < -0.4 is 5.32 Å². The van der Waals surface area contributed by atoms with E-state index < -0.39 is 0 Å². The molecule has 0 saturated carbocycles. The Balaban J connectivity index is 1.48. The number of aryl methyl sites for hydroxylation is 1. The first-order chi connectivity index (χ1) is 12.9. The molecule has 3 amide bonds. The number of urea groups is 1. The predicted molar refractivity (Wildman–Crippen MR) is 103 cm³/mol. The maximum Gasteiger partial charge on any atom is 0.320 e. The Morgan fingerprint density at radius 3 is 2.56 bits per heavy atom. The minimum absolute atomic E-state index is 0.0314. The number of amides is 3. The number of rotatable bonds is 4. The van der Waals surface area contributed by atoms with Gasteiger partial charge in [-0.1, -0.05) is 12.1 Å². The highest BCUT2D eigenvalue weighted by atomic mass is 32.1. The lowest BCUT2D eigenvalue weighted by Gasteiger charge is -2.34. The molecule has 0 unspecified atom stereocenters. The third-order valence-corrected chi connectivity index (χ3v) is 5.52. The van der Waals surface area contributed by atoms with Crippen molar-refractivity contribution in [3.8, 4) is 0 Å². The van der Waals surface area contributed by atoms with Gasteiger partial charge in [0.25, 0.3) is 0 Å². The second-order valence-corrected chi connectivity index (χ2v) is 7.67. The molecule has 144 valence electrons. The Bertz CT molecular complexity index is 800. The number of thiazole rings is 1. The summed E-state index contributed by atoms with van der Waals surface area (Å²) < 4.78 is 13.0. The maximum absolute atomic E-state index is 13.0. The van der Waals surface area contributed by atoms with Gasteiger partial charge in [-0.25, -0.2) is 14.2 Å². The van der Waals surface area contributed by atoms with Gasteiger partial charge in [-0.2, -0.15) is 0 Å². The maximum atomic E-state index is 13.0. The summed E-state index contributed by atoms with van der Waals surface area (Å²) in [6.45, 7) is 3.39. The van der Waals surface area contributed by atoms with Gasteiger partial charge in [-0.05, 0) is 37.5 Å². The SMILES string of the molecule is Cc1csc(NC(=O)C2CCN(C(=O)N(C)Cc3ccc(F)cc3)CC2)n1. The van der Waals surface area contributed by atoms with E-state index in [2.05, 4.69) is 10.3 Å². The normalized spacial score (nSPS) is 14.9. The van der Waals surface area contributed by atoms with Crippen molar-refractivity contribution in [1.82, 2.24) is 14.8 Å². The fourth-order valence-corrected chi connectivity index (χ4v) is 3.82. The number of carbonyl (C=O) groups excluding carboxylic acids is 2. The topological polar surface area (TPSA) is 65.5 Å². The van der Waals surface area contributed by atoms with Crippen molar-refractivity contribution >= 4 is 28.4 Å². The van der Waals surface area contributed by atoms with E-state index >= 15 is 0 Å². The predicted octanol–water partition coefficient (Wildman–Crippen LogP) is 3.49. The summed E-state index contributed by atoms with van der Waals surface area (Å²) in [6.07, 6.45) is 1.26. The van der Waals surface area contributed by atoms with Crippen LogP contribution in [0.5, 0.6) is 0 Å². The second kappa shape index (κ2) is 8.47. The second-order valence-electron chi connectivity index (χ2n) is 6.81. The van der Waals surface area contributed by atoms with Crippen LogP contribution in [0.3, 0.4) is 0 Å². The zero-order valence-electron chi connectivity index (χ0n) is 15.4. The van der Waals surface area contributed by atoms with Crippen molar-refractivity contribution < 1.29 is 14.0 Å². The van der Waals surface area contributed by atoms with Gasteiger partial charge in [-0.15, -0.1) is 11.3 Å². The minimum atomic E-state index is -0.291. The summed E-state index contributed by atoms with van der Waals surface area (Å²) in [7, 11) is 1.73. The van der Waals surface area contributed by atoms with Crippen LogP contribution in [-0.4, -0.2) is 46.9 Å². The first kappa shape index (κ1) is 19.3. The highest BCUT2D eigenvalue weighted by molar-refractivity contribution is 7.13. The number of halogens is 1. The fourth-order valence-electron chi connectivity index (χ4n) is 3.12. The summed E-state index contributed by atoms with van der Waals surface area (Å²) in [6, 6.07) is 6.06. The molecule has 0 radical (unpaired) electrons. The lowest BCUT2D eigenvalue weighted by atomic mass is 9.96. The summed E-state index contributed by atoms with van der Waals surface area (Å²) in [5.41, 5.74) is 1.76. The zero-order chi connectivity index (χ0) is 19.4. The quantitative estimate of drug-likeness (QED) is 0.869. The molecule has 27 heavy (non-hydrogen) atoms. The van der Waals surface area contributed by atoms with Crippen LogP contribution >= 0.6 is 11.3 Å². The van der Waals surface area contributed by atoms with Crippen LogP contribution in [0, 0.1) is 18.7 Å². The molecule has 2 heterocycles. The van der Waals surface area contributed by atoms with Gasteiger partial charge < -0.3 is 15.1 Å². The molecule has 0 bridgehead atoms. The van der Waals surface area contributed by atoms with E-state index in [4.69, 9.17) is 0 Å². The third kappa shape index (κ3) is 5.03. The Labute approximate surface area is 162 Å². The molecule has 1 saturated heterocycles. The van der Waals surface area contributed by atoms with Crippen molar-refractivity contribution in [1.29, 1.82) is 0 Å². The Hall–Kier alpha value is -2.48. The summed E-state index contributed by atoms with van der Waals surface area (Å²) in [5, 5.41) is 5.38. The number of carbonyl (C=O) groups is 2. The monoisotopic (exact) mass is 390 g/mol. The lowest BCUT2D eigenvalue weighted by molar-refractivity contribution is -0.121. The molecule has 1 aliphatic heterocycles. The average Bonchev–Trinajstić information content (AvgIpc) is 3.07. The molecule has 2 aromatic rings. The summed E-state index contributed by atoms with van der Waals surface area (Å²) in [4.78, 5) is 32.6. The smallest absolute Gasteiger partial charge is 0.320 e. The van der Waals surface area contributed by atoms with Gasteiger partial charge in [0.1, 0.15) is 5.82 Å². The Morgan fingerprint density at radius 1 is 1.30 bits per heavy atom. The van der Waals surface area contributed by atoms with E-state index in [0.29, 0.717) is 37.6 Å². The highest BCUT2D eigenvalue weighted by Crippen LogP contribution is 2.22. The van der Waals surface area contributed by atoms with Gasteiger partial charge in [0, 0.05) is 38.0 Å². The lowest BCUT2D eigenvalue weighted by Crippen LogP contribution is -2.46. The van der Waals surface area contributed by atoms with E-state index in [9.17, 15) is 14.0 Å². The van der Waals surface area contributed by atoms with Gasteiger partial charge in [0.15, 0.2) is 5.13 Å². The number of likely N-dealkylation sites (tertiary alicyclic amines) is 1. The van der Waals surface area contributed by atoms with Crippen molar-refractivity contribution in [2.24, 2.45) is 5.92 Å². The van der Waals surface area contributed by atoms with Gasteiger partial charge in [0.2, 0.25) is 5.91 Å². The van der Waals surface area contributed by atoms with Gasteiger partial charge in [0.05, 0.1) is 5.69 Å². The van der Waals surface area contributed by atoms with Crippen molar-refractivity contribution in [3.05, 3.63) is 46.7 Å². The van der Waals surface area contributed by atoms with Gasteiger partial charge in [-0.3, -0.25) is 4.79 Å². The zero-order valence-corrected chi connectivity index (χ0v) is 16.3. The molecule has 1 aliphatic rings. The standard InChI is InChI=1S/C19H23FN4O2S/c1-13-12-27-18(21-13)22-17(25)15-7-9-24(10-8-15)19(26)23(2)11-14-3-5-16(20)6-4-14/h3-6,12,15H,7-11H2,1-2H3,(H,21,22,25). The number of aromatic nitrogens is 1. The number of anilines is 1. The van der Waals surface area contributed by atoms with E-state index in [1.165, 1.54) is 23.5 Å². The van der Waals surface area contributed by atoms with Crippen LogP contribution in [-0.2, 0) is 11.3 Å². The van der Waals surface area contributed by atoms with E-state index in [0.717, 1.165) is 11.3 Å². The fraction of sp³-hybridized carbons (Fsp3) is 0.421. The van der Waals surface area contributed by atoms with Crippen molar-refractivity contribution in [3.63, 3.8) is 0 Å². The van der Waals surface area contributed by atoms with Crippen LogP contribution in [0.25, 0.3) is 0 Å². The third-order valence-electron chi connectivity index (χ3n) is 4.64. The first-order valence-corrected chi connectivity index (χ1v) is 9.78. The molecular weight excluding hydrogens is 367 g/mol. The Kier molecular flexibility index (Phi) is 6.05. The van der Waals surface area contributed by atoms with Crippen molar-refractivity contribution in [2.75, 3.05) is 25.5 Å². The molecule has 1 fully saturated rings. The molecule has 1 aromatic heterocycles. The average molecular weight is 390 g/mol. The Morgan fingerprint density at radius 2 is 1.96 bits per heavy atom. The molecular formula is C19H23FN4O2S. The molecule has 8 heteroatoms. The largest absolute Gasteiger partial charge is 0.325 e. The number of nitrogens with one attached hydrogen (secondary N) is 1. The van der Waals surface area contributed by atoms with Crippen LogP contribution in [0.1, 0.15) is 24.1 Å². The number of hydrogen-bond donors (Lipinski definition) is 1. The summed E-state index contributed by atoms with van der Waals surface area (Å²) in [5.74, 6) is -0.433. The number of nitrogens with zero attached hydrogens (tertiary/aromatic N) is 3. The van der Waals surface area contributed by atoms with Gasteiger partial charge >= 0.3 is 6.03 Å². The van der Waals surface area contributed by atoms with E-state index in [1.54, 1.807) is 29.0 Å². The molecule has 3 rings (SSSR count). The van der Waals surface area contributed by atoms with E-state index in [1.807, 2.05) is 12.3 Å².